The highest BCUT2D eigenvalue weighted by Crippen LogP contribution is 2.33. The van der Waals surface area contributed by atoms with Crippen LogP contribution < -0.4 is 5.32 Å². The van der Waals surface area contributed by atoms with Crippen molar-refractivity contribution in [1.82, 2.24) is 20.1 Å². The number of nitrogens with zero attached hydrogens (tertiary/aromatic N) is 3. The second kappa shape index (κ2) is 6.09. The zero-order valence-electron chi connectivity index (χ0n) is 12.8. The molecule has 0 atom stereocenters. The van der Waals surface area contributed by atoms with E-state index in [1.165, 1.54) is 0 Å². The average molecular weight is 339 g/mol. The summed E-state index contributed by atoms with van der Waals surface area (Å²) in [5.41, 5.74) is 1.77. The van der Waals surface area contributed by atoms with Crippen LogP contribution >= 0.6 is 11.6 Å². The molecule has 1 N–H and O–H groups in total. The second-order valence-corrected chi connectivity index (χ2v) is 6.10. The Balaban J connectivity index is 1.86. The standard InChI is InChI=1S/C18H15ClN4O/c19-15-16(18(24)21-13-9-10-13)22-23(14-8-4-5-11-20-14)17(15)12-6-2-1-3-7-12/h1-8,11,13H,9-10H2,(H,21,24). The van der Waals surface area contributed by atoms with Crippen LogP contribution in [0.4, 0.5) is 0 Å². The van der Waals surface area contributed by atoms with Crippen molar-refractivity contribution in [3.05, 3.63) is 65.4 Å². The third-order valence-corrected chi connectivity index (χ3v) is 4.23. The molecular formula is C18H15ClN4O. The van der Waals surface area contributed by atoms with Crippen LogP contribution in [0.2, 0.25) is 5.02 Å². The Morgan fingerprint density at radius 3 is 2.54 bits per heavy atom. The summed E-state index contributed by atoms with van der Waals surface area (Å²) in [7, 11) is 0. The third kappa shape index (κ3) is 2.78. The minimum atomic E-state index is -0.241. The van der Waals surface area contributed by atoms with E-state index in [-0.39, 0.29) is 17.6 Å². The van der Waals surface area contributed by atoms with Gasteiger partial charge in [-0.1, -0.05) is 48.0 Å². The highest BCUT2D eigenvalue weighted by molar-refractivity contribution is 6.36. The monoisotopic (exact) mass is 338 g/mol. The van der Waals surface area contributed by atoms with Crippen molar-refractivity contribution in [3.8, 4) is 17.1 Å². The number of hydrogen-bond donors (Lipinski definition) is 1. The minimum absolute atomic E-state index is 0.230. The van der Waals surface area contributed by atoms with Crippen molar-refractivity contribution in [2.45, 2.75) is 18.9 Å². The van der Waals surface area contributed by atoms with Crippen molar-refractivity contribution in [2.24, 2.45) is 0 Å². The van der Waals surface area contributed by atoms with Crippen LogP contribution in [0.15, 0.2) is 54.7 Å². The lowest BCUT2D eigenvalue weighted by Gasteiger charge is -2.06. The van der Waals surface area contributed by atoms with Gasteiger partial charge in [0.15, 0.2) is 11.5 Å². The molecule has 0 radical (unpaired) electrons. The fourth-order valence-corrected chi connectivity index (χ4v) is 2.83. The van der Waals surface area contributed by atoms with Crippen LogP contribution in [-0.4, -0.2) is 26.7 Å². The van der Waals surface area contributed by atoms with Gasteiger partial charge in [-0.3, -0.25) is 4.79 Å². The molecule has 24 heavy (non-hydrogen) atoms. The van der Waals surface area contributed by atoms with Gasteiger partial charge in [0, 0.05) is 17.8 Å². The van der Waals surface area contributed by atoms with Gasteiger partial charge in [0.2, 0.25) is 0 Å². The van der Waals surface area contributed by atoms with Crippen LogP contribution in [0.3, 0.4) is 0 Å². The lowest BCUT2D eigenvalue weighted by Crippen LogP contribution is -2.26. The van der Waals surface area contributed by atoms with Crippen molar-refractivity contribution >= 4 is 17.5 Å². The van der Waals surface area contributed by atoms with Crippen LogP contribution in [-0.2, 0) is 0 Å². The predicted octanol–water partition coefficient (Wildman–Crippen LogP) is 3.48. The van der Waals surface area contributed by atoms with E-state index in [9.17, 15) is 4.79 Å². The number of nitrogens with one attached hydrogen (secondary N) is 1. The largest absolute Gasteiger partial charge is 0.348 e. The van der Waals surface area contributed by atoms with Gasteiger partial charge in [0.05, 0.1) is 5.69 Å². The van der Waals surface area contributed by atoms with Crippen molar-refractivity contribution in [2.75, 3.05) is 0 Å². The summed E-state index contributed by atoms with van der Waals surface area (Å²) in [6.07, 6.45) is 3.70. The Kier molecular flexibility index (Phi) is 3.78. The molecule has 1 aliphatic rings. The topological polar surface area (TPSA) is 59.8 Å². The predicted molar refractivity (Wildman–Crippen MR) is 92.3 cm³/mol. The minimum Gasteiger partial charge on any atom is -0.348 e. The second-order valence-electron chi connectivity index (χ2n) is 5.72. The first-order valence-electron chi connectivity index (χ1n) is 7.80. The summed E-state index contributed by atoms with van der Waals surface area (Å²) in [5.74, 6) is 0.373. The highest BCUT2D eigenvalue weighted by atomic mass is 35.5. The van der Waals surface area contributed by atoms with Gasteiger partial charge in [0.25, 0.3) is 5.91 Å². The van der Waals surface area contributed by atoms with E-state index in [0.717, 1.165) is 18.4 Å². The molecule has 5 nitrogen and oxygen atoms in total. The van der Waals surface area contributed by atoms with E-state index < -0.39 is 0 Å². The molecule has 3 aromatic rings. The number of amides is 1. The summed E-state index contributed by atoms with van der Waals surface area (Å²) in [5, 5.41) is 7.72. The Labute approximate surface area is 144 Å². The van der Waals surface area contributed by atoms with Crippen molar-refractivity contribution in [1.29, 1.82) is 0 Å². The Morgan fingerprint density at radius 2 is 1.88 bits per heavy atom. The highest BCUT2D eigenvalue weighted by Gasteiger charge is 2.29. The molecule has 0 spiro atoms. The Bertz CT molecular complexity index is 873. The smallest absolute Gasteiger partial charge is 0.273 e. The number of pyridine rings is 1. The molecule has 2 aromatic heterocycles. The molecule has 4 rings (SSSR count). The number of carbonyl (C=O) groups is 1. The molecular weight excluding hydrogens is 324 g/mol. The first-order chi connectivity index (χ1) is 11.7. The molecule has 0 bridgehead atoms. The number of benzene rings is 1. The summed E-state index contributed by atoms with van der Waals surface area (Å²) in [4.78, 5) is 16.8. The maximum absolute atomic E-state index is 12.5. The van der Waals surface area contributed by atoms with Crippen molar-refractivity contribution < 1.29 is 4.79 Å². The first kappa shape index (κ1) is 14.9. The summed E-state index contributed by atoms with van der Waals surface area (Å²) in [6.45, 7) is 0. The molecule has 0 aliphatic heterocycles. The first-order valence-corrected chi connectivity index (χ1v) is 8.18. The number of aromatic nitrogens is 3. The van der Waals surface area contributed by atoms with E-state index in [2.05, 4.69) is 15.4 Å². The van der Waals surface area contributed by atoms with Gasteiger partial charge in [-0.05, 0) is 25.0 Å². The van der Waals surface area contributed by atoms with Crippen LogP contribution in [0.5, 0.6) is 0 Å². The molecule has 2 heterocycles. The number of carbonyl (C=O) groups excluding carboxylic acids is 1. The van der Waals surface area contributed by atoms with Gasteiger partial charge >= 0.3 is 0 Å². The molecule has 0 saturated heterocycles. The van der Waals surface area contributed by atoms with E-state index in [0.29, 0.717) is 16.5 Å². The van der Waals surface area contributed by atoms with Gasteiger partial charge in [-0.15, -0.1) is 0 Å². The SMILES string of the molecule is O=C(NC1CC1)c1nn(-c2ccccn2)c(-c2ccccc2)c1Cl. The van der Waals surface area contributed by atoms with Gasteiger partial charge < -0.3 is 5.32 Å². The van der Waals surface area contributed by atoms with Gasteiger partial charge in [-0.2, -0.15) is 5.10 Å². The van der Waals surface area contributed by atoms with Gasteiger partial charge in [0.1, 0.15) is 5.02 Å². The van der Waals surface area contributed by atoms with Crippen LogP contribution in [0.1, 0.15) is 23.3 Å². The lowest BCUT2D eigenvalue weighted by molar-refractivity contribution is 0.0946. The zero-order valence-corrected chi connectivity index (χ0v) is 13.6. The number of hydrogen-bond acceptors (Lipinski definition) is 3. The lowest BCUT2D eigenvalue weighted by atomic mass is 10.1. The fraction of sp³-hybridized carbons (Fsp3) is 0.167. The number of halogens is 1. The fourth-order valence-electron chi connectivity index (χ4n) is 2.52. The van der Waals surface area contributed by atoms with E-state index >= 15 is 0 Å². The molecule has 1 amide bonds. The normalized spacial score (nSPS) is 13.7. The van der Waals surface area contributed by atoms with E-state index in [1.54, 1.807) is 10.9 Å². The average Bonchev–Trinajstić information content (AvgIpc) is 3.36. The molecule has 1 saturated carbocycles. The molecule has 120 valence electrons. The Hall–Kier alpha value is -2.66. The molecule has 0 unspecified atom stereocenters. The maximum Gasteiger partial charge on any atom is 0.273 e. The summed E-state index contributed by atoms with van der Waals surface area (Å²) in [6, 6.07) is 15.4. The van der Waals surface area contributed by atoms with Crippen LogP contribution in [0, 0.1) is 0 Å². The molecule has 1 aromatic carbocycles. The zero-order chi connectivity index (χ0) is 16.5. The third-order valence-electron chi connectivity index (χ3n) is 3.87. The summed E-state index contributed by atoms with van der Waals surface area (Å²) >= 11 is 6.54. The Morgan fingerprint density at radius 1 is 1.12 bits per heavy atom. The maximum atomic E-state index is 12.5. The number of rotatable bonds is 4. The van der Waals surface area contributed by atoms with Crippen molar-refractivity contribution in [3.63, 3.8) is 0 Å². The van der Waals surface area contributed by atoms with E-state index in [4.69, 9.17) is 11.6 Å². The molecule has 1 aliphatic carbocycles. The molecule has 6 heteroatoms. The summed E-state index contributed by atoms with van der Waals surface area (Å²) < 4.78 is 1.62. The van der Waals surface area contributed by atoms with E-state index in [1.807, 2.05) is 48.5 Å². The van der Waals surface area contributed by atoms with Crippen LogP contribution in [0.25, 0.3) is 17.1 Å². The molecule has 1 fully saturated rings. The quantitative estimate of drug-likeness (QED) is 0.792. The van der Waals surface area contributed by atoms with Gasteiger partial charge in [-0.25, -0.2) is 9.67 Å².